The molecule has 0 saturated heterocycles. The van der Waals surface area contributed by atoms with Crippen molar-refractivity contribution in [1.29, 1.82) is 0 Å². The van der Waals surface area contributed by atoms with Gasteiger partial charge in [-0.1, -0.05) is 17.7 Å². The molecule has 4 rings (SSSR count). The Bertz CT molecular complexity index is 1270. The number of amides is 1. The fourth-order valence-electron chi connectivity index (χ4n) is 2.82. The number of thiazole rings is 1. The number of aromatic nitrogens is 3. The molecule has 9 heteroatoms. The summed E-state index contributed by atoms with van der Waals surface area (Å²) in [6.07, 6.45) is 1.17. The molecule has 0 fully saturated rings. The fourth-order valence-corrected chi connectivity index (χ4v) is 3.53. The van der Waals surface area contributed by atoms with E-state index in [-0.39, 0.29) is 23.0 Å². The van der Waals surface area contributed by atoms with E-state index in [9.17, 15) is 14.0 Å². The number of fused-ring (bicyclic) bond motifs is 1. The van der Waals surface area contributed by atoms with Crippen LogP contribution in [0.25, 0.3) is 10.9 Å². The molecule has 30 heavy (non-hydrogen) atoms. The number of halogens is 1. The number of aryl methyl sites for hydroxylation is 1. The molecule has 0 aliphatic heterocycles. The second kappa shape index (κ2) is 8.42. The average Bonchev–Trinajstić information content (AvgIpc) is 3.16. The van der Waals surface area contributed by atoms with Crippen LogP contribution in [0.2, 0.25) is 0 Å². The van der Waals surface area contributed by atoms with Gasteiger partial charge in [-0.25, -0.2) is 14.4 Å². The van der Waals surface area contributed by atoms with Gasteiger partial charge in [0, 0.05) is 11.4 Å². The van der Waals surface area contributed by atoms with Crippen molar-refractivity contribution in [3.8, 4) is 5.75 Å². The maximum absolute atomic E-state index is 14.2. The molecule has 2 heterocycles. The molecular formula is C21H17FN4O3S. The maximum Gasteiger partial charge on any atom is 0.258 e. The van der Waals surface area contributed by atoms with Gasteiger partial charge in [-0.15, -0.1) is 11.3 Å². The largest absolute Gasteiger partial charge is 0.486 e. The molecule has 0 spiro atoms. The SMILES string of the molecule is Cc1ccc(OCc2nc(CC(=O)Nc3cc4c(=O)[nH]cnc4cc3F)cs2)cc1. The van der Waals surface area contributed by atoms with Gasteiger partial charge in [0.25, 0.3) is 5.56 Å². The Hall–Kier alpha value is -3.59. The number of aromatic amines is 1. The van der Waals surface area contributed by atoms with E-state index in [1.165, 1.54) is 23.7 Å². The minimum Gasteiger partial charge on any atom is -0.486 e. The number of H-pyrrole nitrogens is 1. The zero-order valence-electron chi connectivity index (χ0n) is 15.9. The summed E-state index contributed by atoms with van der Waals surface area (Å²) in [7, 11) is 0. The van der Waals surface area contributed by atoms with Crippen molar-refractivity contribution in [1.82, 2.24) is 15.0 Å². The van der Waals surface area contributed by atoms with E-state index in [0.717, 1.165) is 22.4 Å². The number of nitrogens with zero attached hydrogens (tertiary/aromatic N) is 2. The highest BCUT2D eigenvalue weighted by molar-refractivity contribution is 7.09. The second-order valence-corrected chi connectivity index (χ2v) is 7.58. The van der Waals surface area contributed by atoms with Gasteiger partial charge in [-0.2, -0.15) is 0 Å². The number of ether oxygens (including phenoxy) is 1. The van der Waals surface area contributed by atoms with Gasteiger partial charge in [-0.3, -0.25) is 9.59 Å². The summed E-state index contributed by atoms with van der Waals surface area (Å²) in [6.45, 7) is 2.30. The van der Waals surface area contributed by atoms with Gasteiger partial charge in [0.1, 0.15) is 23.2 Å². The van der Waals surface area contributed by atoms with Crippen LogP contribution in [0.1, 0.15) is 16.3 Å². The predicted molar refractivity (Wildman–Crippen MR) is 112 cm³/mol. The maximum atomic E-state index is 14.2. The van der Waals surface area contributed by atoms with Gasteiger partial charge in [0.15, 0.2) is 0 Å². The molecule has 7 nitrogen and oxygen atoms in total. The van der Waals surface area contributed by atoms with Crippen molar-refractivity contribution < 1.29 is 13.9 Å². The van der Waals surface area contributed by atoms with Gasteiger partial charge in [0.05, 0.1) is 35.0 Å². The first-order chi connectivity index (χ1) is 14.5. The number of carbonyl (C=O) groups excluding carboxylic acids is 1. The second-order valence-electron chi connectivity index (χ2n) is 6.64. The predicted octanol–water partition coefficient (Wildman–Crippen LogP) is 3.59. The summed E-state index contributed by atoms with van der Waals surface area (Å²) in [4.78, 5) is 34.9. The minimum absolute atomic E-state index is 0.0259. The van der Waals surface area contributed by atoms with Crippen molar-refractivity contribution in [3.05, 3.63) is 80.5 Å². The van der Waals surface area contributed by atoms with E-state index in [2.05, 4.69) is 20.3 Å². The van der Waals surface area contributed by atoms with Crippen LogP contribution in [-0.2, 0) is 17.8 Å². The van der Waals surface area contributed by atoms with Crippen molar-refractivity contribution >= 4 is 33.8 Å². The van der Waals surface area contributed by atoms with Crippen LogP contribution in [0.15, 0.2) is 52.9 Å². The van der Waals surface area contributed by atoms with Gasteiger partial charge >= 0.3 is 0 Å². The summed E-state index contributed by atoms with van der Waals surface area (Å²) in [5, 5.41) is 5.17. The molecule has 4 aromatic rings. The van der Waals surface area contributed by atoms with Crippen LogP contribution in [0.3, 0.4) is 0 Å². The fraction of sp³-hybridized carbons (Fsp3) is 0.143. The van der Waals surface area contributed by atoms with Gasteiger partial charge in [-0.05, 0) is 25.1 Å². The number of benzene rings is 2. The molecule has 2 aromatic heterocycles. The van der Waals surface area contributed by atoms with Gasteiger partial charge in [0.2, 0.25) is 5.91 Å². The number of hydrogen-bond acceptors (Lipinski definition) is 6. The molecule has 152 valence electrons. The smallest absolute Gasteiger partial charge is 0.258 e. The molecular weight excluding hydrogens is 407 g/mol. The monoisotopic (exact) mass is 424 g/mol. The lowest BCUT2D eigenvalue weighted by molar-refractivity contribution is -0.115. The number of hydrogen-bond donors (Lipinski definition) is 2. The molecule has 0 radical (unpaired) electrons. The third-order valence-corrected chi connectivity index (χ3v) is 5.20. The third kappa shape index (κ3) is 4.52. The molecule has 2 aromatic carbocycles. The Labute approximate surface area is 174 Å². The number of nitrogens with one attached hydrogen (secondary N) is 2. The standard InChI is InChI=1S/C21H17FN4O3S/c1-12-2-4-14(5-3-12)29-9-20-25-13(10-30-20)6-19(27)26-18-7-15-17(8-16(18)22)23-11-24-21(15)28/h2-5,7-8,10-11H,6,9H2,1H3,(H,26,27)(H,23,24,28). The molecule has 0 saturated carbocycles. The minimum atomic E-state index is -0.667. The Morgan fingerprint density at radius 2 is 2.07 bits per heavy atom. The molecule has 0 aliphatic carbocycles. The molecule has 0 atom stereocenters. The van der Waals surface area contributed by atoms with Crippen LogP contribution in [0, 0.1) is 12.7 Å². The molecule has 0 bridgehead atoms. The summed E-state index contributed by atoms with van der Waals surface area (Å²) in [5.41, 5.74) is 1.43. The quantitative estimate of drug-likeness (QED) is 0.493. The lowest BCUT2D eigenvalue weighted by Crippen LogP contribution is -2.16. The lowest BCUT2D eigenvalue weighted by atomic mass is 10.2. The first kappa shape index (κ1) is 19.7. The summed E-state index contributed by atoms with van der Waals surface area (Å²) < 4.78 is 19.9. The lowest BCUT2D eigenvalue weighted by Gasteiger charge is -2.07. The Morgan fingerprint density at radius 1 is 1.27 bits per heavy atom. The molecule has 0 aliphatic rings. The van der Waals surface area contributed by atoms with Gasteiger partial charge < -0.3 is 15.0 Å². The third-order valence-electron chi connectivity index (χ3n) is 4.33. The number of carbonyl (C=O) groups is 1. The Kier molecular flexibility index (Phi) is 5.53. The highest BCUT2D eigenvalue weighted by Gasteiger charge is 2.13. The molecule has 1 amide bonds. The van der Waals surface area contributed by atoms with Crippen LogP contribution in [-0.4, -0.2) is 20.9 Å². The van der Waals surface area contributed by atoms with E-state index in [1.54, 1.807) is 5.38 Å². The van der Waals surface area contributed by atoms with E-state index in [4.69, 9.17) is 4.74 Å². The van der Waals surface area contributed by atoms with Crippen molar-refractivity contribution in [2.45, 2.75) is 20.0 Å². The number of rotatable bonds is 6. The van der Waals surface area contributed by atoms with Crippen molar-refractivity contribution in [2.24, 2.45) is 0 Å². The van der Waals surface area contributed by atoms with Crippen LogP contribution >= 0.6 is 11.3 Å². The zero-order valence-corrected chi connectivity index (χ0v) is 16.8. The van der Waals surface area contributed by atoms with Crippen LogP contribution in [0.4, 0.5) is 10.1 Å². The zero-order chi connectivity index (χ0) is 21.1. The molecule has 2 N–H and O–H groups in total. The first-order valence-electron chi connectivity index (χ1n) is 9.07. The van der Waals surface area contributed by atoms with E-state index in [0.29, 0.717) is 12.3 Å². The number of anilines is 1. The molecule has 0 unspecified atom stereocenters. The highest BCUT2D eigenvalue weighted by Crippen LogP contribution is 2.20. The Morgan fingerprint density at radius 3 is 2.87 bits per heavy atom. The van der Waals surface area contributed by atoms with Crippen molar-refractivity contribution in [3.63, 3.8) is 0 Å². The van der Waals surface area contributed by atoms with Crippen LogP contribution < -0.4 is 15.6 Å². The average molecular weight is 424 g/mol. The first-order valence-corrected chi connectivity index (χ1v) is 9.95. The Balaban J connectivity index is 1.39. The van der Waals surface area contributed by atoms with E-state index < -0.39 is 17.3 Å². The normalized spacial score (nSPS) is 10.9. The topological polar surface area (TPSA) is 97.0 Å². The van der Waals surface area contributed by atoms with E-state index >= 15 is 0 Å². The summed E-state index contributed by atoms with van der Waals surface area (Å²) in [6, 6.07) is 10.1. The summed E-state index contributed by atoms with van der Waals surface area (Å²) >= 11 is 1.38. The van der Waals surface area contributed by atoms with E-state index in [1.807, 2.05) is 31.2 Å². The van der Waals surface area contributed by atoms with Crippen molar-refractivity contribution in [2.75, 3.05) is 5.32 Å². The summed E-state index contributed by atoms with van der Waals surface area (Å²) in [5.74, 6) is -0.365. The highest BCUT2D eigenvalue weighted by atomic mass is 32.1. The van der Waals surface area contributed by atoms with Crippen LogP contribution in [0.5, 0.6) is 5.75 Å².